The first-order valence-electron chi connectivity index (χ1n) is 9.21. The SMILES string of the molecule is CN(C)CCC(C)(C)CCc1ccc(CCCc2ccccc2)s1. The quantitative estimate of drug-likeness (QED) is 0.524. The summed E-state index contributed by atoms with van der Waals surface area (Å²) >= 11 is 2.02. The van der Waals surface area contributed by atoms with Crippen LogP contribution in [-0.2, 0) is 19.3 Å². The fourth-order valence-electron chi connectivity index (χ4n) is 2.92. The van der Waals surface area contributed by atoms with Crippen LogP contribution in [0.3, 0.4) is 0 Å². The first-order chi connectivity index (χ1) is 11.4. The molecule has 0 aliphatic carbocycles. The first-order valence-corrected chi connectivity index (χ1v) is 10.0. The Morgan fingerprint density at radius 1 is 0.833 bits per heavy atom. The minimum absolute atomic E-state index is 0.432. The van der Waals surface area contributed by atoms with Crippen LogP contribution in [0.4, 0.5) is 0 Å². The number of aryl methyl sites for hydroxylation is 3. The van der Waals surface area contributed by atoms with Crippen molar-refractivity contribution in [3.63, 3.8) is 0 Å². The molecule has 0 aliphatic heterocycles. The molecule has 24 heavy (non-hydrogen) atoms. The van der Waals surface area contributed by atoms with Crippen molar-refractivity contribution >= 4 is 11.3 Å². The summed E-state index contributed by atoms with van der Waals surface area (Å²) in [6, 6.07) is 15.5. The monoisotopic (exact) mass is 343 g/mol. The van der Waals surface area contributed by atoms with Crippen molar-refractivity contribution in [3.05, 3.63) is 57.8 Å². The van der Waals surface area contributed by atoms with Crippen LogP contribution in [0.1, 0.15) is 48.4 Å². The second kappa shape index (κ2) is 9.39. The molecule has 2 aromatic rings. The van der Waals surface area contributed by atoms with Crippen LogP contribution in [0.25, 0.3) is 0 Å². The second-order valence-corrected chi connectivity index (χ2v) is 9.18. The summed E-state index contributed by atoms with van der Waals surface area (Å²) in [4.78, 5) is 5.40. The minimum atomic E-state index is 0.432. The zero-order valence-electron chi connectivity index (χ0n) is 15.8. The van der Waals surface area contributed by atoms with Gasteiger partial charge >= 0.3 is 0 Å². The summed E-state index contributed by atoms with van der Waals surface area (Å²) in [5.41, 5.74) is 1.89. The summed E-state index contributed by atoms with van der Waals surface area (Å²) in [5, 5.41) is 0. The normalized spacial score (nSPS) is 12.0. The van der Waals surface area contributed by atoms with E-state index in [1.54, 1.807) is 9.75 Å². The number of nitrogens with zero attached hydrogens (tertiary/aromatic N) is 1. The highest BCUT2D eigenvalue weighted by Crippen LogP contribution is 2.29. The van der Waals surface area contributed by atoms with Gasteiger partial charge in [-0.25, -0.2) is 0 Å². The molecule has 0 saturated carbocycles. The lowest BCUT2D eigenvalue weighted by atomic mass is 9.84. The van der Waals surface area contributed by atoms with Crippen LogP contribution in [0, 0.1) is 5.41 Å². The van der Waals surface area contributed by atoms with Crippen molar-refractivity contribution in [1.29, 1.82) is 0 Å². The summed E-state index contributed by atoms with van der Waals surface area (Å²) < 4.78 is 0. The average molecular weight is 344 g/mol. The molecular weight excluding hydrogens is 310 g/mol. The standard InChI is InChI=1S/C22H33NS/c1-22(2,17-18-23(3)4)16-15-21-14-13-20(24-21)12-8-11-19-9-6-5-7-10-19/h5-7,9-10,13-14H,8,11-12,15-18H2,1-4H3. The number of rotatable bonds is 10. The van der Waals surface area contributed by atoms with Crippen LogP contribution >= 0.6 is 11.3 Å². The molecule has 0 saturated heterocycles. The molecule has 2 rings (SSSR count). The molecular formula is C22H33NS. The number of benzene rings is 1. The van der Waals surface area contributed by atoms with E-state index in [9.17, 15) is 0 Å². The van der Waals surface area contributed by atoms with Gasteiger partial charge in [-0.1, -0.05) is 44.2 Å². The minimum Gasteiger partial charge on any atom is -0.309 e. The molecule has 0 amide bonds. The Hall–Kier alpha value is -1.12. The molecule has 0 unspecified atom stereocenters. The van der Waals surface area contributed by atoms with Crippen molar-refractivity contribution < 1.29 is 0 Å². The largest absolute Gasteiger partial charge is 0.309 e. The van der Waals surface area contributed by atoms with Crippen molar-refractivity contribution in [1.82, 2.24) is 4.90 Å². The van der Waals surface area contributed by atoms with Gasteiger partial charge in [-0.05, 0) is 82.3 Å². The van der Waals surface area contributed by atoms with Crippen molar-refractivity contribution in [2.24, 2.45) is 5.41 Å². The van der Waals surface area contributed by atoms with E-state index in [1.165, 1.54) is 50.6 Å². The molecule has 0 N–H and O–H groups in total. The number of hydrogen-bond donors (Lipinski definition) is 0. The Morgan fingerprint density at radius 3 is 2.17 bits per heavy atom. The highest BCUT2D eigenvalue weighted by molar-refractivity contribution is 7.11. The van der Waals surface area contributed by atoms with Gasteiger partial charge in [0.1, 0.15) is 0 Å². The molecule has 2 heteroatoms. The molecule has 0 bridgehead atoms. The van der Waals surface area contributed by atoms with Gasteiger partial charge in [-0.3, -0.25) is 0 Å². The smallest absolute Gasteiger partial charge is 0.00483 e. The maximum absolute atomic E-state index is 2.41. The van der Waals surface area contributed by atoms with Gasteiger partial charge in [-0.2, -0.15) is 0 Å². The summed E-state index contributed by atoms with van der Waals surface area (Å²) in [7, 11) is 4.33. The van der Waals surface area contributed by atoms with Crippen LogP contribution in [-0.4, -0.2) is 25.5 Å². The van der Waals surface area contributed by atoms with Crippen LogP contribution < -0.4 is 0 Å². The van der Waals surface area contributed by atoms with Crippen LogP contribution in [0.2, 0.25) is 0 Å². The van der Waals surface area contributed by atoms with E-state index in [4.69, 9.17) is 0 Å². The van der Waals surface area contributed by atoms with E-state index in [0.29, 0.717) is 5.41 Å². The third-order valence-corrected chi connectivity index (χ3v) is 5.94. The van der Waals surface area contributed by atoms with Gasteiger partial charge in [0.2, 0.25) is 0 Å². The topological polar surface area (TPSA) is 3.24 Å². The Labute approximate surface area is 152 Å². The molecule has 1 aromatic carbocycles. The van der Waals surface area contributed by atoms with E-state index in [2.05, 4.69) is 75.3 Å². The molecule has 0 aliphatic rings. The third kappa shape index (κ3) is 7.19. The zero-order valence-corrected chi connectivity index (χ0v) is 16.7. The lowest BCUT2D eigenvalue weighted by molar-refractivity contribution is 0.258. The Morgan fingerprint density at radius 2 is 1.50 bits per heavy atom. The average Bonchev–Trinajstić information content (AvgIpc) is 3.00. The fraction of sp³-hybridized carbons (Fsp3) is 0.545. The van der Waals surface area contributed by atoms with Gasteiger partial charge in [-0.15, -0.1) is 11.3 Å². The molecule has 1 nitrogen and oxygen atoms in total. The van der Waals surface area contributed by atoms with Crippen molar-refractivity contribution in [2.45, 2.75) is 52.4 Å². The predicted molar refractivity (Wildman–Crippen MR) is 108 cm³/mol. The lowest BCUT2D eigenvalue weighted by Gasteiger charge is -2.26. The Balaban J connectivity index is 1.72. The summed E-state index contributed by atoms with van der Waals surface area (Å²) in [6.07, 6.45) is 7.43. The van der Waals surface area contributed by atoms with Crippen molar-refractivity contribution in [2.75, 3.05) is 20.6 Å². The molecule has 1 heterocycles. The van der Waals surface area contributed by atoms with Gasteiger partial charge in [0.25, 0.3) is 0 Å². The number of hydrogen-bond acceptors (Lipinski definition) is 2. The maximum atomic E-state index is 2.41. The van der Waals surface area contributed by atoms with Gasteiger partial charge in [0.05, 0.1) is 0 Å². The summed E-state index contributed by atoms with van der Waals surface area (Å²) in [5.74, 6) is 0. The second-order valence-electron chi connectivity index (χ2n) is 7.92. The molecule has 0 spiro atoms. The van der Waals surface area contributed by atoms with Gasteiger partial charge in [0, 0.05) is 9.75 Å². The molecule has 0 atom stereocenters. The van der Waals surface area contributed by atoms with E-state index < -0.39 is 0 Å². The fourth-order valence-corrected chi connectivity index (χ4v) is 3.97. The van der Waals surface area contributed by atoms with Gasteiger partial charge < -0.3 is 4.90 Å². The van der Waals surface area contributed by atoms with E-state index in [0.717, 1.165) is 0 Å². The van der Waals surface area contributed by atoms with Gasteiger partial charge in [0.15, 0.2) is 0 Å². The predicted octanol–water partition coefficient (Wildman–Crippen LogP) is 5.83. The highest BCUT2D eigenvalue weighted by atomic mass is 32.1. The number of thiophene rings is 1. The Bertz CT molecular complexity index is 583. The maximum Gasteiger partial charge on any atom is 0.00483 e. The van der Waals surface area contributed by atoms with Crippen molar-refractivity contribution in [3.8, 4) is 0 Å². The molecule has 0 radical (unpaired) electrons. The first kappa shape index (κ1) is 19.2. The van der Waals surface area contributed by atoms with E-state index in [-0.39, 0.29) is 0 Å². The Kier molecular flexibility index (Phi) is 7.51. The third-order valence-electron chi connectivity index (χ3n) is 4.73. The van der Waals surface area contributed by atoms with E-state index >= 15 is 0 Å². The van der Waals surface area contributed by atoms with Crippen LogP contribution in [0.15, 0.2) is 42.5 Å². The molecule has 132 valence electrons. The van der Waals surface area contributed by atoms with Crippen LogP contribution in [0.5, 0.6) is 0 Å². The molecule has 1 aromatic heterocycles. The van der Waals surface area contributed by atoms with E-state index in [1.807, 2.05) is 11.3 Å². The zero-order chi connectivity index (χ0) is 17.4. The lowest BCUT2D eigenvalue weighted by Crippen LogP contribution is -2.22. The molecule has 0 fully saturated rings. The summed E-state index contributed by atoms with van der Waals surface area (Å²) in [6.45, 7) is 6.00. The highest BCUT2D eigenvalue weighted by Gasteiger charge is 2.18.